The van der Waals surface area contributed by atoms with E-state index in [1.807, 2.05) is 0 Å². The third kappa shape index (κ3) is 3.55. The van der Waals surface area contributed by atoms with E-state index in [9.17, 15) is 13.2 Å². The van der Waals surface area contributed by atoms with Gasteiger partial charge in [0.15, 0.2) is 5.01 Å². The maximum atomic E-state index is 12.3. The number of halogens is 3. The van der Waals surface area contributed by atoms with E-state index in [2.05, 4.69) is 15.6 Å². The summed E-state index contributed by atoms with van der Waals surface area (Å²) in [5, 5.41) is 8.48. The Morgan fingerprint density at radius 2 is 1.89 bits per heavy atom. The molecule has 102 valence electrons. The van der Waals surface area contributed by atoms with Gasteiger partial charge in [-0.25, -0.2) is 5.84 Å². The Bertz CT molecular complexity index is 540. The number of aromatic nitrogens is 2. The number of nitrogens with one attached hydrogen (secondary N) is 1. The molecular weight excluding hydrogens is 281 g/mol. The van der Waals surface area contributed by atoms with Gasteiger partial charge in [-0.3, -0.25) is 5.43 Å². The molecule has 2 aromatic rings. The molecule has 0 fully saturated rings. The molecule has 1 aromatic heterocycles. The first-order valence-corrected chi connectivity index (χ1v) is 5.90. The van der Waals surface area contributed by atoms with E-state index in [0.717, 1.165) is 12.1 Å². The Morgan fingerprint density at radius 3 is 2.42 bits per heavy atom. The van der Waals surface area contributed by atoms with Gasteiger partial charge in [0.05, 0.1) is 5.56 Å². The van der Waals surface area contributed by atoms with E-state index < -0.39 is 11.7 Å². The van der Waals surface area contributed by atoms with Crippen LogP contribution >= 0.6 is 11.3 Å². The molecule has 2 rings (SSSR count). The molecule has 0 aliphatic carbocycles. The van der Waals surface area contributed by atoms with Crippen molar-refractivity contribution in [2.24, 2.45) is 5.84 Å². The van der Waals surface area contributed by atoms with Crippen LogP contribution in [0.25, 0.3) is 0 Å². The molecule has 5 nitrogen and oxygen atoms in total. The highest BCUT2D eigenvalue weighted by Crippen LogP contribution is 2.30. The van der Waals surface area contributed by atoms with Gasteiger partial charge in [0, 0.05) is 0 Å². The van der Waals surface area contributed by atoms with Gasteiger partial charge in [-0.1, -0.05) is 11.3 Å². The van der Waals surface area contributed by atoms with E-state index in [0.29, 0.717) is 15.9 Å². The minimum absolute atomic E-state index is 0.116. The lowest BCUT2D eigenvalue weighted by atomic mass is 10.2. The van der Waals surface area contributed by atoms with Crippen LogP contribution in [0.2, 0.25) is 0 Å². The van der Waals surface area contributed by atoms with Gasteiger partial charge in [0.2, 0.25) is 5.13 Å². The van der Waals surface area contributed by atoms with Crippen molar-refractivity contribution >= 4 is 16.5 Å². The molecule has 0 radical (unpaired) electrons. The number of hydrogen-bond donors (Lipinski definition) is 2. The van der Waals surface area contributed by atoms with Crippen molar-refractivity contribution in [3.8, 4) is 5.75 Å². The number of nitrogen functional groups attached to an aromatic ring is 1. The van der Waals surface area contributed by atoms with E-state index in [4.69, 9.17) is 10.6 Å². The number of hydrazine groups is 1. The number of anilines is 1. The Kier molecular flexibility index (Phi) is 3.86. The van der Waals surface area contributed by atoms with Crippen molar-refractivity contribution < 1.29 is 17.9 Å². The second kappa shape index (κ2) is 5.41. The quantitative estimate of drug-likeness (QED) is 0.668. The van der Waals surface area contributed by atoms with E-state index in [-0.39, 0.29) is 6.61 Å². The molecule has 19 heavy (non-hydrogen) atoms. The monoisotopic (exact) mass is 290 g/mol. The van der Waals surface area contributed by atoms with Crippen LogP contribution in [0.4, 0.5) is 18.3 Å². The van der Waals surface area contributed by atoms with Gasteiger partial charge in [-0.15, -0.1) is 10.2 Å². The molecule has 0 saturated heterocycles. The van der Waals surface area contributed by atoms with Gasteiger partial charge in [-0.05, 0) is 24.3 Å². The van der Waals surface area contributed by atoms with Crippen molar-refractivity contribution in [3.63, 3.8) is 0 Å². The molecule has 9 heteroatoms. The standard InChI is InChI=1S/C10H9F3N4OS/c11-10(12,13)6-1-3-7(4-2-6)18-5-8-16-17-9(15-14)19-8/h1-4H,5,14H2,(H,15,17). The minimum atomic E-state index is -4.35. The zero-order chi connectivity index (χ0) is 13.9. The second-order valence-electron chi connectivity index (χ2n) is 3.46. The van der Waals surface area contributed by atoms with E-state index in [1.165, 1.54) is 23.5 Å². The normalized spacial score (nSPS) is 11.4. The summed E-state index contributed by atoms with van der Waals surface area (Å²) >= 11 is 1.20. The van der Waals surface area contributed by atoms with Gasteiger partial charge in [0.25, 0.3) is 0 Å². The first-order valence-electron chi connectivity index (χ1n) is 5.08. The van der Waals surface area contributed by atoms with Crippen molar-refractivity contribution in [1.29, 1.82) is 0 Å². The highest BCUT2D eigenvalue weighted by atomic mass is 32.1. The molecular formula is C10H9F3N4OS. The summed E-state index contributed by atoms with van der Waals surface area (Å²) in [4.78, 5) is 0. The van der Waals surface area contributed by atoms with Crippen molar-refractivity contribution in [2.45, 2.75) is 12.8 Å². The summed E-state index contributed by atoms with van der Waals surface area (Å²) in [6.07, 6.45) is -4.35. The molecule has 0 aliphatic heterocycles. The van der Waals surface area contributed by atoms with Crippen LogP contribution < -0.4 is 16.0 Å². The Morgan fingerprint density at radius 1 is 1.21 bits per heavy atom. The largest absolute Gasteiger partial charge is 0.486 e. The number of rotatable bonds is 4. The summed E-state index contributed by atoms with van der Waals surface area (Å²) in [7, 11) is 0. The van der Waals surface area contributed by atoms with Crippen molar-refractivity contribution in [1.82, 2.24) is 10.2 Å². The lowest BCUT2D eigenvalue weighted by Gasteiger charge is -2.08. The zero-order valence-corrected chi connectivity index (χ0v) is 10.3. The van der Waals surface area contributed by atoms with Crippen LogP contribution in [0.15, 0.2) is 24.3 Å². The van der Waals surface area contributed by atoms with Crippen molar-refractivity contribution in [3.05, 3.63) is 34.8 Å². The fraction of sp³-hybridized carbons (Fsp3) is 0.200. The lowest BCUT2D eigenvalue weighted by molar-refractivity contribution is -0.137. The lowest BCUT2D eigenvalue weighted by Crippen LogP contribution is -2.05. The first kappa shape index (κ1) is 13.6. The second-order valence-corrected chi connectivity index (χ2v) is 4.52. The van der Waals surface area contributed by atoms with Crippen LogP contribution in [0.1, 0.15) is 10.6 Å². The smallest absolute Gasteiger partial charge is 0.416 e. The topological polar surface area (TPSA) is 73.1 Å². The van der Waals surface area contributed by atoms with Gasteiger partial charge < -0.3 is 4.74 Å². The number of benzene rings is 1. The summed E-state index contributed by atoms with van der Waals surface area (Å²) in [6, 6.07) is 4.43. The molecule has 3 N–H and O–H groups in total. The fourth-order valence-corrected chi connectivity index (χ4v) is 1.82. The molecule has 0 spiro atoms. The van der Waals surface area contributed by atoms with Crippen LogP contribution in [-0.4, -0.2) is 10.2 Å². The zero-order valence-electron chi connectivity index (χ0n) is 9.44. The van der Waals surface area contributed by atoms with Gasteiger partial charge in [0.1, 0.15) is 12.4 Å². The average molecular weight is 290 g/mol. The average Bonchev–Trinajstić information content (AvgIpc) is 2.84. The van der Waals surface area contributed by atoms with Crippen molar-refractivity contribution in [2.75, 3.05) is 5.43 Å². The summed E-state index contributed by atoms with van der Waals surface area (Å²) in [6.45, 7) is 0.116. The highest BCUT2D eigenvalue weighted by Gasteiger charge is 2.29. The first-order chi connectivity index (χ1) is 8.99. The molecule has 0 amide bonds. The predicted molar refractivity (Wildman–Crippen MR) is 63.5 cm³/mol. The minimum Gasteiger partial charge on any atom is -0.486 e. The van der Waals surface area contributed by atoms with Crippen LogP contribution in [0.5, 0.6) is 5.75 Å². The van der Waals surface area contributed by atoms with Gasteiger partial charge in [-0.2, -0.15) is 13.2 Å². The van der Waals surface area contributed by atoms with Crippen LogP contribution in [0, 0.1) is 0 Å². The SMILES string of the molecule is NNc1nnc(COc2ccc(C(F)(F)F)cc2)s1. The molecule has 0 unspecified atom stereocenters. The predicted octanol–water partition coefficient (Wildman–Crippen LogP) is 2.42. The molecule has 0 saturated carbocycles. The molecule has 0 aliphatic rings. The van der Waals surface area contributed by atoms with Crippen LogP contribution in [0.3, 0.4) is 0 Å². The third-order valence-corrected chi connectivity index (χ3v) is 2.96. The molecule has 1 aromatic carbocycles. The summed E-state index contributed by atoms with van der Waals surface area (Å²) in [5.74, 6) is 5.46. The number of hydrogen-bond acceptors (Lipinski definition) is 6. The fourth-order valence-electron chi connectivity index (χ4n) is 1.26. The van der Waals surface area contributed by atoms with Gasteiger partial charge >= 0.3 is 6.18 Å². The summed E-state index contributed by atoms with van der Waals surface area (Å²) < 4.78 is 42.3. The van der Waals surface area contributed by atoms with E-state index in [1.54, 1.807) is 0 Å². The number of alkyl halides is 3. The van der Waals surface area contributed by atoms with Crippen LogP contribution in [-0.2, 0) is 12.8 Å². The Labute approximate surface area is 110 Å². The number of ether oxygens (including phenoxy) is 1. The number of nitrogens with zero attached hydrogens (tertiary/aromatic N) is 2. The molecule has 0 bridgehead atoms. The number of nitrogens with two attached hydrogens (primary N) is 1. The maximum absolute atomic E-state index is 12.3. The maximum Gasteiger partial charge on any atom is 0.416 e. The summed E-state index contributed by atoms with van der Waals surface area (Å²) in [5.41, 5.74) is 1.62. The molecule has 1 heterocycles. The molecule has 0 atom stereocenters. The highest BCUT2D eigenvalue weighted by molar-refractivity contribution is 7.15. The Balaban J connectivity index is 1.96. The third-order valence-electron chi connectivity index (χ3n) is 2.13. The van der Waals surface area contributed by atoms with E-state index >= 15 is 0 Å². The Hall–Kier alpha value is -1.87.